The first kappa shape index (κ1) is 22.0. The molecule has 0 amide bonds. The minimum absolute atomic E-state index is 0.720. The van der Waals surface area contributed by atoms with Crippen molar-refractivity contribution < 1.29 is 4.74 Å². The Morgan fingerprint density at radius 1 is 0.920 bits per heavy atom. The first-order valence-electron chi connectivity index (χ1n) is 9.18. The summed E-state index contributed by atoms with van der Waals surface area (Å²) < 4.78 is 5.69. The molecule has 6 heteroatoms. The standard InChI is InChI=1S/C19H37N3OSi2/c1-17-8-10-18(11-9-17)19(22-25(5,6)7)16-20-12-14-23-15-13-21-24(2,3)4/h8-11,16,20-22H,12-15H2,1-7H3/b19-16-. The summed E-state index contributed by atoms with van der Waals surface area (Å²) in [5.41, 5.74) is 3.67. The number of hydrogen-bond acceptors (Lipinski definition) is 4. The van der Waals surface area contributed by atoms with E-state index in [-0.39, 0.29) is 0 Å². The fourth-order valence-electron chi connectivity index (χ4n) is 2.23. The topological polar surface area (TPSA) is 45.3 Å². The van der Waals surface area contributed by atoms with Crippen molar-refractivity contribution in [3.05, 3.63) is 41.6 Å². The molecule has 3 N–H and O–H groups in total. The van der Waals surface area contributed by atoms with Gasteiger partial charge in [-0.15, -0.1) is 0 Å². The van der Waals surface area contributed by atoms with Crippen LogP contribution >= 0.6 is 0 Å². The molecule has 0 saturated carbocycles. The zero-order valence-electron chi connectivity index (χ0n) is 17.1. The average molecular weight is 380 g/mol. The van der Waals surface area contributed by atoms with Crippen molar-refractivity contribution in [1.82, 2.24) is 15.3 Å². The lowest BCUT2D eigenvalue weighted by molar-refractivity contribution is 0.143. The van der Waals surface area contributed by atoms with E-state index in [1.54, 1.807) is 0 Å². The molecule has 0 unspecified atom stereocenters. The smallest absolute Gasteiger partial charge is 0.144 e. The van der Waals surface area contributed by atoms with Crippen LogP contribution in [0.4, 0.5) is 0 Å². The zero-order chi connectivity index (χ0) is 18.9. The van der Waals surface area contributed by atoms with Crippen molar-refractivity contribution in [2.45, 2.75) is 46.2 Å². The molecule has 0 saturated heterocycles. The van der Waals surface area contributed by atoms with Gasteiger partial charge in [-0.25, -0.2) is 0 Å². The number of nitrogens with one attached hydrogen (secondary N) is 3. The molecule has 0 aliphatic carbocycles. The molecular weight excluding hydrogens is 342 g/mol. The SMILES string of the molecule is Cc1ccc(/C(=C/NCCOCCN[Si](C)(C)C)N[Si](C)(C)C)cc1. The third-order valence-corrected chi connectivity index (χ3v) is 5.74. The predicted octanol–water partition coefficient (Wildman–Crippen LogP) is 3.75. The van der Waals surface area contributed by atoms with Gasteiger partial charge in [0, 0.05) is 25.0 Å². The van der Waals surface area contributed by atoms with E-state index in [1.807, 2.05) is 0 Å². The van der Waals surface area contributed by atoms with Gasteiger partial charge >= 0.3 is 0 Å². The van der Waals surface area contributed by atoms with Gasteiger partial charge in [-0.3, -0.25) is 0 Å². The van der Waals surface area contributed by atoms with Gasteiger partial charge in [0.1, 0.15) is 16.5 Å². The summed E-state index contributed by atoms with van der Waals surface area (Å²) in [6, 6.07) is 8.66. The summed E-state index contributed by atoms with van der Waals surface area (Å²) in [4.78, 5) is 7.27. The van der Waals surface area contributed by atoms with Crippen LogP contribution in [0.5, 0.6) is 0 Å². The van der Waals surface area contributed by atoms with Crippen molar-refractivity contribution in [3.63, 3.8) is 0 Å². The van der Waals surface area contributed by atoms with Crippen LogP contribution in [0.3, 0.4) is 0 Å². The minimum Gasteiger partial charge on any atom is -0.409 e. The molecule has 1 aromatic rings. The zero-order valence-corrected chi connectivity index (χ0v) is 19.1. The third-order valence-electron chi connectivity index (χ3n) is 3.41. The third kappa shape index (κ3) is 11.2. The summed E-state index contributed by atoms with van der Waals surface area (Å²) in [6.45, 7) is 19.2. The van der Waals surface area contributed by atoms with Gasteiger partial charge in [-0.05, 0) is 12.5 Å². The molecule has 0 heterocycles. The molecular formula is C19H37N3OSi2. The van der Waals surface area contributed by atoms with Gasteiger partial charge in [-0.1, -0.05) is 69.1 Å². The van der Waals surface area contributed by atoms with Gasteiger partial charge in [-0.2, -0.15) is 0 Å². The Kier molecular flexibility index (Phi) is 8.92. The van der Waals surface area contributed by atoms with Crippen molar-refractivity contribution in [2.24, 2.45) is 0 Å². The van der Waals surface area contributed by atoms with E-state index in [0.717, 1.165) is 26.3 Å². The minimum atomic E-state index is -1.41. The van der Waals surface area contributed by atoms with Crippen LogP contribution in [0.1, 0.15) is 11.1 Å². The van der Waals surface area contributed by atoms with Crippen molar-refractivity contribution in [1.29, 1.82) is 0 Å². The molecule has 0 fully saturated rings. The molecule has 4 nitrogen and oxygen atoms in total. The van der Waals surface area contributed by atoms with Crippen molar-refractivity contribution >= 4 is 22.2 Å². The Labute approximate surface area is 156 Å². The Balaban J connectivity index is 2.44. The van der Waals surface area contributed by atoms with E-state index in [4.69, 9.17) is 4.74 Å². The second-order valence-electron chi connectivity index (χ2n) is 8.54. The highest BCUT2D eigenvalue weighted by Crippen LogP contribution is 2.14. The highest BCUT2D eigenvalue weighted by Gasteiger charge is 2.15. The number of ether oxygens (including phenoxy) is 1. The first-order valence-corrected chi connectivity index (χ1v) is 16.2. The summed E-state index contributed by atoms with van der Waals surface area (Å²) in [7, 11) is -2.59. The van der Waals surface area contributed by atoms with E-state index in [0.29, 0.717) is 0 Å². The normalized spacial score (nSPS) is 13.0. The van der Waals surface area contributed by atoms with Gasteiger partial charge in [0.2, 0.25) is 0 Å². The van der Waals surface area contributed by atoms with Crippen molar-refractivity contribution in [2.75, 3.05) is 26.3 Å². The summed E-state index contributed by atoms with van der Waals surface area (Å²) in [5, 5.41) is 3.39. The lowest BCUT2D eigenvalue weighted by Gasteiger charge is -2.23. The summed E-state index contributed by atoms with van der Waals surface area (Å²) in [6.07, 6.45) is 2.09. The van der Waals surface area contributed by atoms with E-state index in [1.165, 1.54) is 16.8 Å². The Morgan fingerprint density at radius 2 is 1.52 bits per heavy atom. The monoisotopic (exact) mass is 379 g/mol. The fraction of sp³-hybridized carbons (Fsp3) is 0.579. The summed E-state index contributed by atoms with van der Waals surface area (Å²) >= 11 is 0. The molecule has 1 aromatic carbocycles. The molecule has 0 atom stereocenters. The quantitative estimate of drug-likeness (QED) is 0.405. The van der Waals surface area contributed by atoms with E-state index >= 15 is 0 Å². The molecule has 0 aliphatic rings. The number of hydrogen-bond donors (Lipinski definition) is 3. The van der Waals surface area contributed by atoms with E-state index in [9.17, 15) is 0 Å². The van der Waals surface area contributed by atoms with Crippen LogP contribution in [0.25, 0.3) is 5.70 Å². The van der Waals surface area contributed by atoms with Crippen LogP contribution < -0.4 is 15.3 Å². The molecule has 0 aliphatic heterocycles. The molecule has 0 bridgehead atoms. The second kappa shape index (κ2) is 10.2. The highest BCUT2D eigenvalue weighted by molar-refractivity contribution is 6.74. The molecule has 1 rings (SSSR count). The molecule has 25 heavy (non-hydrogen) atoms. The van der Waals surface area contributed by atoms with Gasteiger partial charge in [0.15, 0.2) is 0 Å². The second-order valence-corrected chi connectivity index (χ2v) is 18.1. The number of rotatable bonds is 11. The van der Waals surface area contributed by atoms with Gasteiger partial charge < -0.3 is 20.0 Å². The maximum absolute atomic E-state index is 5.69. The fourth-order valence-corrected chi connectivity index (χ4v) is 4.11. The van der Waals surface area contributed by atoms with Crippen LogP contribution in [0, 0.1) is 6.92 Å². The summed E-state index contributed by atoms with van der Waals surface area (Å²) in [5.74, 6) is 0. The number of aryl methyl sites for hydroxylation is 1. The van der Waals surface area contributed by atoms with Gasteiger partial charge in [0.25, 0.3) is 0 Å². The Hall–Kier alpha value is -1.09. The first-order chi connectivity index (χ1) is 11.6. The van der Waals surface area contributed by atoms with E-state index in [2.05, 4.69) is 92.0 Å². The Morgan fingerprint density at radius 3 is 2.08 bits per heavy atom. The van der Waals surface area contributed by atoms with Gasteiger partial charge in [0.05, 0.1) is 13.2 Å². The van der Waals surface area contributed by atoms with Crippen molar-refractivity contribution in [3.8, 4) is 0 Å². The highest BCUT2D eigenvalue weighted by atomic mass is 28.3. The molecule has 0 aromatic heterocycles. The molecule has 142 valence electrons. The maximum atomic E-state index is 5.69. The largest absolute Gasteiger partial charge is 0.409 e. The average Bonchev–Trinajstić information content (AvgIpc) is 2.47. The molecule has 0 spiro atoms. The number of benzene rings is 1. The van der Waals surface area contributed by atoms with E-state index < -0.39 is 16.5 Å². The van der Waals surface area contributed by atoms with Crippen LogP contribution in [0.2, 0.25) is 39.3 Å². The van der Waals surface area contributed by atoms with Crippen LogP contribution in [0.15, 0.2) is 30.5 Å². The predicted molar refractivity (Wildman–Crippen MR) is 116 cm³/mol. The molecule has 0 radical (unpaired) electrons. The lowest BCUT2D eigenvalue weighted by Crippen LogP contribution is -2.43. The van der Waals surface area contributed by atoms with Crippen LogP contribution in [-0.4, -0.2) is 42.8 Å². The maximum Gasteiger partial charge on any atom is 0.144 e. The lowest BCUT2D eigenvalue weighted by atomic mass is 10.1. The van der Waals surface area contributed by atoms with Crippen LogP contribution in [-0.2, 0) is 4.74 Å². The Bertz CT molecular complexity index is 531.